The number of anilines is 1. The summed E-state index contributed by atoms with van der Waals surface area (Å²) >= 11 is 5.46. The van der Waals surface area contributed by atoms with Crippen molar-refractivity contribution < 1.29 is 0 Å². The summed E-state index contributed by atoms with van der Waals surface area (Å²) in [5, 5.41) is 4.22. The van der Waals surface area contributed by atoms with Crippen LogP contribution in [0.15, 0.2) is 30.3 Å². The number of para-hydroxylation sites is 1. The number of nitrogens with zero attached hydrogens (tertiary/aromatic N) is 3. The molecule has 0 unspecified atom stereocenters. The van der Waals surface area contributed by atoms with E-state index in [2.05, 4.69) is 64.4 Å². The molecule has 1 N–H and O–H groups in total. The molecule has 1 saturated heterocycles. The standard InChI is InChI=1S/C15H24N4S/c1-17(2)9-8-16-15(20)19-12-10-18(11-13-19)14-6-4-3-5-7-14/h3-7H,8-13H2,1-2H3,(H,16,20). The number of thiocarbonyl (C=S) groups is 1. The average molecular weight is 292 g/mol. The molecule has 0 bridgehead atoms. The van der Waals surface area contributed by atoms with E-state index in [-0.39, 0.29) is 0 Å². The summed E-state index contributed by atoms with van der Waals surface area (Å²) in [6.07, 6.45) is 0. The zero-order chi connectivity index (χ0) is 14.4. The predicted octanol–water partition coefficient (Wildman–Crippen LogP) is 1.24. The van der Waals surface area contributed by atoms with Crippen LogP contribution < -0.4 is 10.2 Å². The largest absolute Gasteiger partial charge is 0.368 e. The van der Waals surface area contributed by atoms with Gasteiger partial charge in [0.1, 0.15) is 0 Å². The van der Waals surface area contributed by atoms with Crippen LogP contribution in [0.25, 0.3) is 0 Å². The molecule has 1 aliphatic rings. The molecule has 0 aliphatic carbocycles. The first-order chi connectivity index (χ1) is 9.66. The number of likely N-dealkylation sites (N-methyl/N-ethyl adjacent to an activating group) is 1. The van der Waals surface area contributed by atoms with E-state index in [1.807, 2.05) is 0 Å². The molecule has 0 spiro atoms. The van der Waals surface area contributed by atoms with Crippen LogP contribution >= 0.6 is 12.2 Å². The molecular weight excluding hydrogens is 268 g/mol. The van der Waals surface area contributed by atoms with Gasteiger partial charge in [-0.2, -0.15) is 0 Å². The quantitative estimate of drug-likeness (QED) is 0.841. The Hall–Kier alpha value is -1.33. The fourth-order valence-corrected chi connectivity index (χ4v) is 2.59. The Morgan fingerprint density at radius 2 is 1.80 bits per heavy atom. The summed E-state index contributed by atoms with van der Waals surface area (Å²) < 4.78 is 0. The van der Waals surface area contributed by atoms with E-state index in [9.17, 15) is 0 Å². The van der Waals surface area contributed by atoms with E-state index < -0.39 is 0 Å². The summed E-state index contributed by atoms with van der Waals surface area (Å²) in [5.74, 6) is 0. The van der Waals surface area contributed by atoms with E-state index in [1.54, 1.807) is 0 Å². The normalized spacial score (nSPS) is 15.6. The number of benzene rings is 1. The maximum atomic E-state index is 5.46. The smallest absolute Gasteiger partial charge is 0.169 e. The third kappa shape index (κ3) is 4.35. The van der Waals surface area contributed by atoms with Gasteiger partial charge in [-0.1, -0.05) is 18.2 Å². The van der Waals surface area contributed by atoms with Gasteiger partial charge in [0, 0.05) is 45.0 Å². The SMILES string of the molecule is CN(C)CCNC(=S)N1CCN(c2ccccc2)CC1. The lowest BCUT2D eigenvalue weighted by Crippen LogP contribution is -2.52. The molecule has 4 nitrogen and oxygen atoms in total. The van der Waals surface area contributed by atoms with Crippen molar-refractivity contribution >= 4 is 23.0 Å². The van der Waals surface area contributed by atoms with Crippen LogP contribution in [0.2, 0.25) is 0 Å². The number of hydrogen-bond donors (Lipinski definition) is 1. The van der Waals surface area contributed by atoms with Gasteiger partial charge in [0.2, 0.25) is 0 Å². The Bertz CT molecular complexity index is 413. The molecular formula is C15H24N4S. The fourth-order valence-electron chi connectivity index (χ4n) is 2.30. The van der Waals surface area contributed by atoms with Crippen molar-refractivity contribution in [2.75, 3.05) is 58.3 Å². The van der Waals surface area contributed by atoms with Gasteiger partial charge in [-0.15, -0.1) is 0 Å². The highest BCUT2D eigenvalue weighted by atomic mass is 32.1. The van der Waals surface area contributed by atoms with Crippen molar-refractivity contribution in [3.8, 4) is 0 Å². The Kier molecular flexibility index (Phi) is 5.61. The topological polar surface area (TPSA) is 21.8 Å². The Labute approximate surface area is 127 Å². The van der Waals surface area contributed by atoms with Crippen molar-refractivity contribution in [1.29, 1.82) is 0 Å². The lowest BCUT2D eigenvalue weighted by molar-refractivity contribution is 0.371. The van der Waals surface area contributed by atoms with Gasteiger partial charge in [0.15, 0.2) is 5.11 Å². The third-order valence-electron chi connectivity index (χ3n) is 3.52. The third-order valence-corrected chi connectivity index (χ3v) is 3.93. The van der Waals surface area contributed by atoms with Gasteiger partial charge in [0.05, 0.1) is 0 Å². The highest BCUT2D eigenvalue weighted by Gasteiger charge is 2.18. The Morgan fingerprint density at radius 1 is 1.15 bits per heavy atom. The molecule has 0 aromatic heterocycles. The van der Waals surface area contributed by atoms with E-state index in [1.165, 1.54) is 5.69 Å². The molecule has 2 rings (SSSR count). The van der Waals surface area contributed by atoms with Crippen LogP contribution in [0.4, 0.5) is 5.69 Å². The van der Waals surface area contributed by atoms with Crippen LogP contribution in [-0.2, 0) is 0 Å². The van der Waals surface area contributed by atoms with Gasteiger partial charge in [0.25, 0.3) is 0 Å². The second-order valence-electron chi connectivity index (χ2n) is 5.34. The van der Waals surface area contributed by atoms with Gasteiger partial charge < -0.3 is 20.0 Å². The van der Waals surface area contributed by atoms with Crippen LogP contribution in [0.5, 0.6) is 0 Å². The number of nitrogens with one attached hydrogen (secondary N) is 1. The zero-order valence-corrected chi connectivity index (χ0v) is 13.2. The highest BCUT2D eigenvalue weighted by molar-refractivity contribution is 7.80. The number of rotatable bonds is 4. The zero-order valence-electron chi connectivity index (χ0n) is 12.4. The molecule has 1 fully saturated rings. The second-order valence-corrected chi connectivity index (χ2v) is 5.73. The van der Waals surface area contributed by atoms with Crippen molar-refractivity contribution in [1.82, 2.24) is 15.1 Å². The first-order valence-corrected chi connectivity index (χ1v) is 7.55. The molecule has 1 aromatic carbocycles. The van der Waals surface area contributed by atoms with E-state index in [4.69, 9.17) is 12.2 Å². The fraction of sp³-hybridized carbons (Fsp3) is 0.533. The number of hydrogen-bond acceptors (Lipinski definition) is 3. The summed E-state index contributed by atoms with van der Waals surface area (Å²) in [4.78, 5) is 6.84. The van der Waals surface area contributed by atoms with Gasteiger partial charge in [-0.3, -0.25) is 0 Å². The summed E-state index contributed by atoms with van der Waals surface area (Å²) in [7, 11) is 4.15. The van der Waals surface area contributed by atoms with E-state index in [0.29, 0.717) is 0 Å². The molecule has 20 heavy (non-hydrogen) atoms. The minimum absolute atomic E-state index is 0.888. The van der Waals surface area contributed by atoms with Gasteiger partial charge >= 0.3 is 0 Å². The Balaban J connectivity index is 1.75. The predicted molar refractivity (Wildman–Crippen MR) is 89.4 cm³/mol. The molecule has 1 aliphatic heterocycles. The molecule has 0 saturated carbocycles. The molecule has 0 radical (unpaired) electrons. The first kappa shape index (κ1) is 15.1. The highest BCUT2D eigenvalue weighted by Crippen LogP contribution is 2.15. The second kappa shape index (κ2) is 7.45. The average Bonchev–Trinajstić information content (AvgIpc) is 2.48. The monoisotopic (exact) mass is 292 g/mol. The molecule has 110 valence electrons. The first-order valence-electron chi connectivity index (χ1n) is 7.14. The molecule has 0 atom stereocenters. The van der Waals surface area contributed by atoms with Gasteiger partial charge in [-0.25, -0.2) is 0 Å². The van der Waals surface area contributed by atoms with E-state index >= 15 is 0 Å². The maximum Gasteiger partial charge on any atom is 0.169 e. The number of piperazine rings is 1. The molecule has 1 heterocycles. The molecule has 0 amide bonds. The summed E-state index contributed by atoms with van der Waals surface area (Å²) in [6, 6.07) is 10.6. The lowest BCUT2D eigenvalue weighted by atomic mass is 10.2. The summed E-state index contributed by atoms with van der Waals surface area (Å²) in [6.45, 7) is 5.94. The molecule has 5 heteroatoms. The van der Waals surface area contributed by atoms with Crippen molar-refractivity contribution in [3.05, 3.63) is 30.3 Å². The maximum absolute atomic E-state index is 5.46. The van der Waals surface area contributed by atoms with Crippen molar-refractivity contribution in [2.45, 2.75) is 0 Å². The van der Waals surface area contributed by atoms with Crippen LogP contribution in [0.1, 0.15) is 0 Å². The van der Waals surface area contributed by atoms with E-state index in [0.717, 1.165) is 44.4 Å². The van der Waals surface area contributed by atoms with Crippen LogP contribution in [0.3, 0.4) is 0 Å². The minimum atomic E-state index is 0.888. The minimum Gasteiger partial charge on any atom is -0.368 e. The molecule has 1 aromatic rings. The van der Waals surface area contributed by atoms with Gasteiger partial charge in [-0.05, 0) is 38.4 Å². The lowest BCUT2D eigenvalue weighted by Gasteiger charge is -2.37. The van der Waals surface area contributed by atoms with Crippen molar-refractivity contribution in [3.63, 3.8) is 0 Å². The van der Waals surface area contributed by atoms with Crippen LogP contribution in [0, 0.1) is 0 Å². The van der Waals surface area contributed by atoms with Crippen molar-refractivity contribution in [2.24, 2.45) is 0 Å². The summed E-state index contributed by atoms with van der Waals surface area (Å²) in [5.41, 5.74) is 1.30. The Morgan fingerprint density at radius 3 is 2.40 bits per heavy atom. The van der Waals surface area contributed by atoms with Crippen LogP contribution in [-0.4, -0.2) is 68.3 Å².